The van der Waals surface area contributed by atoms with E-state index in [-0.39, 0.29) is 5.91 Å². The van der Waals surface area contributed by atoms with Gasteiger partial charge in [-0.05, 0) is 19.3 Å². The van der Waals surface area contributed by atoms with E-state index in [1.54, 1.807) is 5.38 Å². The maximum atomic E-state index is 12.9. The molecule has 9 heteroatoms. The monoisotopic (exact) mass is 361 g/mol. The smallest absolute Gasteiger partial charge is 0.332 e. The van der Waals surface area contributed by atoms with Gasteiger partial charge in [-0.3, -0.25) is 4.79 Å². The van der Waals surface area contributed by atoms with Crippen LogP contribution in [-0.4, -0.2) is 56.5 Å². The molecule has 1 fully saturated rings. The first-order valence-corrected chi connectivity index (χ1v) is 9.29. The predicted molar refractivity (Wildman–Crippen MR) is 91.9 cm³/mol. The third-order valence-electron chi connectivity index (χ3n) is 4.76. The number of fused-ring (bicyclic) bond motifs is 1. The van der Waals surface area contributed by atoms with Crippen molar-refractivity contribution in [2.45, 2.75) is 31.7 Å². The SMILES string of the molecule is O=C(O)[C@@H]1c2nc[nH]c2CCN1C(=O)c1csc(N2CCCCC2)n1. The van der Waals surface area contributed by atoms with Crippen molar-refractivity contribution >= 4 is 28.3 Å². The molecule has 2 aromatic rings. The minimum atomic E-state index is -1.08. The molecule has 132 valence electrons. The number of piperidine rings is 1. The third-order valence-corrected chi connectivity index (χ3v) is 5.66. The zero-order valence-corrected chi connectivity index (χ0v) is 14.5. The van der Waals surface area contributed by atoms with Crippen LogP contribution in [0.15, 0.2) is 11.7 Å². The molecule has 1 saturated heterocycles. The number of hydrogen-bond acceptors (Lipinski definition) is 6. The quantitative estimate of drug-likeness (QED) is 0.862. The number of nitrogens with zero attached hydrogens (tertiary/aromatic N) is 4. The maximum absolute atomic E-state index is 12.9. The van der Waals surface area contributed by atoms with Gasteiger partial charge in [0.1, 0.15) is 5.69 Å². The number of nitrogens with one attached hydrogen (secondary N) is 1. The molecule has 2 aliphatic heterocycles. The van der Waals surface area contributed by atoms with Crippen LogP contribution in [0.1, 0.15) is 47.2 Å². The molecular formula is C16H19N5O3S. The van der Waals surface area contributed by atoms with Gasteiger partial charge in [0.25, 0.3) is 5.91 Å². The molecule has 0 aliphatic carbocycles. The molecule has 2 aromatic heterocycles. The van der Waals surface area contributed by atoms with Crippen LogP contribution in [0.3, 0.4) is 0 Å². The summed E-state index contributed by atoms with van der Waals surface area (Å²) in [4.78, 5) is 39.7. The number of carboxylic acids is 1. The van der Waals surface area contributed by atoms with E-state index in [1.165, 1.54) is 29.0 Å². The molecular weight excluding hydrogens is 342 g/mol. The lowest BCUT2D eigenvalue weighted by Gasteiger charge is -2.31. The van der Waals surface area contributed by atoms with Crippen LogP contribution < -0.4 is 4.90 Å². The minimum Gasteiger partial charge on any atom is -0.479 e. The van der Waals surface area contributed by atoms with Gasteiger partial charge in [-0.25, -0.2) is 14.8 Å². The fourth-order valence-corrected chi connectivity index (χ4v) is 4.34. The highest BCUT2D eigenvalue weighted by atomic mass is 32.1. The number of hydrogen-bond donors (Lipinski definition) is 2. The number of aromatic amines is 1. The Morgan fingerprint density at radius 3 is 2.80 bits per heavy atom. The Morgan fingerprint density at radius 2 is 2.04 bits per heavy atom. The molecule has 4 rings (SSSR count). The summed E-state index contributed by atoms with van der Waals surface area (Å²) in [7, 11) is 0. The van der Waals surface area contributed by atoms with Crippen LogP contribution >= 0.6 is 11.3 Å². The highest BCUT2D eigenvalue weighted by molar-refractivity contribution is 7.13. The highest BCUT2D eigenvalue weighted by Crippen LogP contribution is 2.30. The molecule has 0 aromatic carbocycles. The van der Waals surface area contributed by atoms with E-state index in [0.717, 1.165) is 36.8 Å². The molecule has 0 spiro atoms. The number of carboxylic acid groups (broad SMARTS) is 1. The van der Waals surface area contributed by atoms with Crippen LogP contribution in [-0.2, 0) is 11.2 Å². The first kappa shape index (κ1) is 16.1. The summed E-state index contributed by atoms with van der Waals surface area (Å²) in [6.07, 6.45) is 5.55. The first-order valence-electron chi connectivity index (χ1n) is 8.41. The van der Waals surface area contributed by atoms with Gasteiger partial charge in [-0.2, -0.15) is 0 Å². The van der Waals surface area contributed by atoms with Crippen molar-refractivity contribution in [3.8, 4) is 0 Å². The van der Waals surface area contributed by atoms with Gasteiger partial charge >= 0.3 is 5.97 Å². The maximum Gasteiger partial charge on any atom is 0.332 e. The lowest BCUT2D eigenvalue weighted by atomic mass is 10.0. The van der Waals surface area contributed by atoms with E-state index in [0.29, 0.717) is 24.4 Å². The molecule has 2 N–H and O–H groups in total. The zero-order valence-electron chi connectivity index (χ0n) is 13.6. The van der Waals surface area contributed by atoms with Crippen LogP contribution in [0.25, 0.3) is 0 Å². The number of carbonyl (C=O) groups excluding carboxylic acids is 1. The van der Waals surface area contributed by atoms with Crippen molar-refractivity contribution < 1.29 is 14.7 Å². The number of amides is 1. The summed E-state index contributed by atoms with van der Waals surface area (Å²) < 4.78 is 0. The van der Waals surface area contributed by atoms with Gasteiger partial charge in [0.15, 0.2) is 11.2 Å². The van der Waals surface area contributed by atoms with E-state index >= 15 is 0 Å². The molecule has 0 saturated carbocycles. The number of thiazole rings is 1. The third kappa shape index (κ3) is 2.88. The molecule has 25 heavy (non-hydrogen) atoms. The van der Waals surface area contributed by atoms with Gasteiger partial charge in [-0.1, -0.05) is 0 Å². The summed E-state index contributed by atoms with van der Waals surface area (Å²) in [6, 6.07) is -1.07. The summed E-state index contributed by atoms with van der Waals surface area (Å²) >= 11 is 1.44. The molecule has 1 amide bonds. The van der Waals surface area contributed by atoms with Crippen molar-refractivity contribution in [1.82, 2.24) is 19.9 Å². The number of carbonyl (C=O) groups is 2. The van der Waals surface area contributed by atoms with E-state index in [9.17, 15) is 14.7 Å². The lowest BCUT2D eigenvalue weighted by Crippen LogP contribution is -2.43. The molecule has 0 bridgehead atoms. The Labute approximate surface area is 148 Å². The van der Waals surface area contributed by atoms with Crippen molar-refractivity contribution in [3.63, 3.8) is 0 Å². The van der Waals surface area contributed by atoms with Crippen LogP contribution in [0, 0.1) is 0 Å². The highest BCUT2D eigenvalue weighted by Gasteiger charge is 2.39. The Morgan fingerprint density at radius 1 is 1.24 bits per heavy atom. The van der Waals surface area contributed by atoms with Crippen LogP contribution in [0.5, 0.6) is 0 Å². The van der Waals surface area contributed by atoms with E-state index in [1.807, 2.05) is 0 Å². The van der Waals surface area contributed by atoms with Crippen molar-refractivity contribution in [1.29, 1.82) is 0 Å². The average molecular weight is 361 g/mol. The Bertz CT molecular complexity index is 795. The Kier molecular flexibility index (Phi) is 4.16. The van der Waals surface area contributed by atoms with Gasteiger partial charge in [-0.15, -0.1) is 11.3 Å². The van der Waals surface area contributed by atoms with E-state index < -0.39 is 12.0 Å². The van der Waals surface area contributed by atoms with Gasteiger partial charge in [0, 0.05) is 37.1 Å². The second kappa shape index (κ2) is 6.47. The molecule has 4 heterocycles. The average Bonchev–Trinajstić information content (AvgIpc) is 3.30. The minimum absolute atomic E-state index is 0.316. The predicted octanol–water partition coefficient (Wildman–Crippen LogP) is 1.68. The Hall–Kier alpha value is -2.42. The summed E-state index contributed by atoms with van der Waals surface area (Å²) in [6.45, 7) is 2.25. The summed E-state index contributed by atoms with van der Waals surface area (Å²) in [5.41, 5.74) is 1.51. The van der Waals surface area contributed by atoms with Gasteiger partial charge < -0.3 is 19.9 Å². The number of aliphatic carboxylic acids is 1. The number of H-pyrrole nitrogens is 1. The van der Waals surface area contributed by atoms with Crippen molar-refractivity contribution in [2.24, 2.45) is 0 Å². The van der Waals surface area contributed by atoms with Crippen LogP contribution in [0.2, 0.25) is 0 Å². The van der Waals surface area contributed by atoms with E-state index in [4.69, 9.17) is 0 Å². The zero-order chi connectivity index (χ0) is 17.4. The van der Waals surface area contributed by atoms with Crippen molar-refractivity contribution in [2.75, 3.05) is 24.5 Å². The molecule has 8 nitrogen and oxygen atoms in total. The van der Waals surface area contributed by atoms with Gasteiger partial charge in [0.2, 0.25) is 0 Å². The Balaban J connectivity index is 1.58. The standard InChI is InChI=1S/C16H19N5O3S/c22-14(11-8-25-16(19-11)20-5-2-1-3-6-20)21-7-4-10-12(18-9-17-10)13(21)15(23)24/h8-9,13H,1-7H2,(H,17,18)(H,23,24)/t13-/m0/s1. The second-order valence-electron chi connectivity index (χ2n) is 6.32. The van der Waals surface area contributed by atoms with Crippen molar-refractivity contribution in [3.05, 3.63) is 28.8 Å². The largest absolute Gasteiger partial charge is 0.479 e. The molecule has 0 unspecified atom stereocenters. The first-order chi connectivity index (χ1) is 12.1. The fourth-order valence-electron chi connectivity index (χ4n) is 3.49. The number of aromatic nitrogens is 3. The topological polar surface area (TPSA) is 102 Å². The molecule has 2 aliphatic rings. The lowest BCUT2D eigenvalue weighted by molar-refractivity contribution is -0.143. The molecule has 1 atom stereocenters. The number of anilines is 1. The molecule has 0 radical (unpaired) electrons. The second-order valence-corrected chi connectivity index (χ2v) is 7.16. The summed E-state index contributed by atoms with van der Waals surface area (Å²) in [5, 5.41) is 12.2. The normalized spacial score (nSPS) is 20.4. The summed E-state index contributed by atoms with van der Waals surface area (Å²) in [5.74, 6) is -1.42. The number of rotatable bonds is 3. The van der Waals surface area contributed by atoms with E-state index in [2.05, 4.69) is 19.9 Å². The van der Waals surface area contributed by atoms with Gasteiger partial charge in [0.05, 0.1) is 12.0 Å². The fraction of sp³-hybridized carbons (Fsp3) is 0.500. The number of imidazole rings is 1. The van der Waals surface area contributed by atoms with Crippen LogP contribution in [0.4, 0.5) is 5.13 Å².